The highest BCUT2D eigenvalue weighted by atomic mass is 32.2. The highest BCUT2D eigenvalue weighted by Gasteiger charge is 2.30. The van der Waals surface area contributed by atoms with Crippen molar-refractivity contribution in [3.63, 3.8) is 0 Å². The van der Waals surface area contributed by atoms with Gasteiger partial charge in [0, 0.05) is 33.1 Å². The summed E-state index contributed by atoms with van der Waals surface area (Å²) >= 11 is 0. The van der Waals surface area contributed by atoms with E-state index in [1.54, 1.807) is 11.8 Å². The Kier molecular flexibility index (Phi) is 4.94. The molecule has 0 N–H and O–H groups in total. The van der Waals surface area contributed by atoms with E-state index >= 15 is 0 Å². The van der Waals surface area contributed by atoms with E-state index in [9.17, 15) is 13.2 Å². The number of nitrogens with zero attached hydrogens (tertiary/aromatic N) is 4. The summed E-state index contributed by atoms with van der Waals surface area (Å²) in [6.45, 7) is 4.87. The Morgan fingerprint density at radius 2 is 1.90 bits per heavy atom. The summed E-state index contributed by atoms with van der Waals surface area (Å²) in [7, 11) is -3.21. The number of piperazine rings is 1. The number of unbranched alkanes of at least 4 members (excludes halogenated alkanes) is 1. The van der Waals surface area contributed by atoms with Crippen LogP contribution in [-0.4, -0.2) is 65.7 Å². The molecule has 1 aliphatic heterocycles. The van der Waals surface area contributed by atoms with Crippen molar-refractivity contribution in [2.45, 2.75) is 26.7 Å². The fourth-order valence-corrected chi connectivity index (χ4v) is 3.77. The molecular weight excluding hydrogens is 296 g/mol. The minimum atomic E-state index is -3.21. The maximum absolute atomic E-state index is 12.1. The summed E-state index contributed by atoms with van der Waals surface area (Å²) < 4.78 is 30.7. The third kappa shape index (κ3) is 3.79. The van der Waals surface area contributed by atoms with Crippen molar-refractivity contribution >= 4 is 15.9 Å². The molecule has 2 heterocycles. The van der Waals surface area contributed by atoms with Gasteiger partial charge in [0.05, 0.1) is 5.75 Å². The Labute approximate surface area is 124 Å². The number of carbonyl (C=O) groups excluding carboxylic acids is 1. The van der Waals surface area contributed by atoms with Gasteiger partial charge in [0.1, 0.15) is 0 Å². The molecule has 0 aliphatic carbocycles. The third-order valence-electron chi connectivity index (χ3n) is 3.38. The zero-order valence-corrected chi connectivity index (χ0v) is 13.1. The molecule has 9 heteroatoms. The van der Waals surface area contributed by atoms with E-state index in [-0.39, 0.29) is 17.6 Å². The Hall–Kier alpha value is -1.48. The fourth-order valence-electron chi connectivity index (χ4n) is 2.14. The first-order chi connectivity index (χ1) is 9.94. The van der Waals surface area contributed by atoms with Gasteiger partial charge in [-0.25, -0.2) is 8.42 Å². The van der Waals surface area contributed by atoms with Crippen molar-refractivity contribution in [3.05, 3.63) is 11.8 Å². The third-order valence-corrected chi connectivity index (χ3v) is 5.34. The molecule has 2 rings (SSSR count). The molecule has 1 aromatic rings. The summed E-state index contributed by atoms with van der Waals surface area (Å²) in [6, 6.07) is 0. The predicted molar refractivity (Wildman–Crippen MR) is 75.2 cm³/mol. The molecule has 1 amide bonds. The molecule has 21 heavy (non-hydrogen) atoms. The van der Waals surface area contributed by atoms with Gasteiger partial charge < -0.3 is 9.32 Å². The van der Waals surface area contributed by atoms with Gasteiger partial charge in [-0.15, -0.1) is 10.2 Å². The van der Waals surface area contributed by atoms with Crippen LogP contribution >= 0.6 is 0 Å². The number of carbonyl (C=O) groups is 1. The Morgan fingerprint density at radius 3 is 2.43 bits per heavy atom. The average molecular weight is 316 g/mol. The van der Waals surface area contributed by atoms with Crippen molar-refractivity contribution in [3.8, 4) is 0 Å². The van der Waals surface area contributed by atoms with Gasteiger partial charge in [0.2, 0.25) is 15.9 Å². The molecule has 0 bridgehead atoms. The van der Waals surface area contributed by atoms with Crippen LogP contribution in [0.3, 0.4) is 0 Å². The van der Waals surface area contributed by atoms with E-state index in [1.807, 2.05) is 6.92 Å². The fraction of sp³-hybridized carbons (Fsp3) is 0.750. The molecule has 1 aromatic heterocycles. The number of aromatic nitrogens is 2. The zero-order valence-electron chi connectivity index (χ0n) is 12.3. The minimum Gasteiger partial charge on any atom is -0.417 e. The topological polar surface area (TPSA) is 96.6 Å². The lowest BCUT2D eigenvalue weighted by molar-refractivity contribution is 0.0656. The Bertz CT molecular complexity index is 590. The Balaban J connectivity index is 1.93. The van der Waals surface area contributed by atoms with E-state index < -0.39 is 10.0 Å². The standard InChI is InChI=1S/C12H20N4O4S/c1-3-4-9-21(18,19)16-7-5-15(6-8-16)12(17)11-14-13-10(2)20-11/h3-9H2,1-2H3. The summed E-state index contributed by atoms with van der Waals surface area (Å²) in [5, 5.41) is 7.31. The first-order valence-electron chi connectivity index (χ1n) is 7.01. The monoisotopic (exact) mass is 316 g/mol. The van der Waals surface area contributed by atoms with Gasteiger partial charge in [-0.2, -0.15) is 4.31 Å². The number of aryl methyl sites for hydroxylation is 1. The highest BCUT2D eigenvalue weighted by molar-refractivity contribution is 7.89. The predicted octanol–water partition coefficient (Wildman–Crippen LogP) is 0.266. The van der Waals surface area contributed by atoms with E-state index in [0.29, 0.717) is 38.5 Å². The van der Waals surface area contributed by atoms with E-state index in [4.69, 9.17) is 4.42 Å². The number of hydrogen-bond acceptors (Lipinski definition) is 6. The number of amides is 1. The van der Waals surface area contributed by atoms with Crippen LogP contribution in [0.15, 0.2) is 4.42 Å². The van der Waals surface area contributed by atoms with Crippen LogP contribution in [-0.2, 0) is 10.0 Å². The second-order valence-corrected chi connectivity index (χ2v) is 7.08. The molecule has 0 radical (unpaired) electrons. The normalized spacial score (nSPS) is 17.1. The largest absolute Gasteiger partial charge is 0.417 e. The van der Waals surface area contributed by atoms with Gasteiger partial charge in [0.15, 0.2) is 0 Å². The quantitative estimate of drug-likeness (QED) is 0.773. The summed E-state index contributed by atoms with van der Waals surface area (Å²) in [6.07, 6.45) is 1.50. The van der Waals surface area contributed by atoms with Crippen LogP contribution in [0.2, 0.25) is 0 Å². The summed E-state index contributed by atoms with van der Waals surface area (Å²) in [5.41, 5.74) is 0. The van der Waals surface area contributed by atoms with E-state index in [2.05, 4.69) is 10.2 Å². The van der Waals surface area contributed by atoms with Crippen LogP contribution < -0.4 is 0 Å². The van der Waals surface area contributed by atoms with Crippen LogP contribution in [0.5, 0.6) is 0 Å². The average Bonchev–Trinajstić information content (AvgIpc) is 2.91. The van der Waals surface area contributed by atoms with Crippen LogP contribution in [0.1, 0.15) is 36.3 Å². The maximum atomic E-state index is 12.1. The maximum Gasteiger partial charge on any atom is 0.311 e. The number of sulfonamides is 1. The second kappa shape index (κ2) is 6.52. The van der Waals surface area contributed by atoms with Gasteiger partial charge in [-0.1, -0.05) is 13.3 Å². The molecule has 1 aliphatic rings. The first kappa shape index (κ1) is 15.9. The van der Waals surface area contributed by atoms with Gasteiger partial charge >= 0.3 is 11.8 Å². The Morgan fingerprint density at radius 1 is 1.24 bits per heavy atom. The zero-order chi connectivity index (χ0) is 15.5. The molecule has 0 saturated carbocycles. The van der Waals surface area contributed by atoms with Gasteiger partial charge in [-0.05, 0) is 6.42 Å². The van der Waals surface area contributed by atoms with Gasteiger partial charge in [-0.3, -0.25) is 4.79 Å². The smallest absolute Gasteiger partial charge is 0.311 e. The summed E-state index contributed by atoms with van der Waals surface area (Å²) in [5.74, 6) is 0.107. The van der Waals surface area contributed by atoms with Crippen molar-refractivity contribution in [2.75, 3.05) is 31.9 Å². The molecule has 0 aromatic carbocycles. The van der Waals surface area contributed by atoms with Crippen molar-refractivity contribution in [1.82, 2.24) is 19.4 Å². The second-order valence-electron chi connectivity index (χ2n) is 4.99. The first-order valence-corrected chi connectivity index (χ1v) is 8.62. The summed E-state index contributed by atoms with van der Waals surface area (Å²) in [4.78, 5) is 13.6. The molecule has 118 valence electrons. The van der Waals surface area contributed by atoms with Gasteiger partial charge in [0.25, 0.3) is 0 Å². The van der Waals surface area contributed by atoms with Crippen molar-refractivity contribution in [2.24, 2.45) is 0 Å². The number of hydrogen-bond donors (Lipinski definition) is 0. The van der Waals surface area contributed by atoms with Crippen molar-refractivity contribution < 1.29 is 17.6 Å². The van der Waals surface area contributed by atoms with E-state index in [1.165, 1.54) is 4.31 Å². The molecule has 0 spiro atoms. The molecular formula is C12H20N4O4S. The van der Waals surface area contributed by atoms with Crippen LogP contribution in [0, 0.1) is 6.92 Å². The van der Waals surface area contributed by atoms with Crippen molar-refractivity contribution in [1.29, 1.82) is 0 Å². The molecule has 1 saturated heterocycles. The van der Waals surface area contributed by atoms with Crippen LogP contribution in [0.4, 0.5) is 0 Å². The molecule has 1 fully saturated rings. The molecule has 0 atom stereocenters. The highest BCUT2D eigenvalue weighted by Crippen LogP contribution is 2.12. The minimum absolute atomic E-state index is 0.0465. The lowest BCUT2D eigenvalue weighted by Crippen LogP contribution is -2.51. The molecule has 8 nitrogen and oxygen atoms in total. The number of rotatable bonds is 5. The van der Waals surface area contributed by atoms with Crippen LogP contribution in [0.25, 0.3) is 0 Å². The van der Waals surface area contributed by atoms with E-state index in [0.717, 1.165) is 6.42 Å². The lowest BCUT2D eigenvalue weighted by Gasteiger charge is -2.33. The SMILES string of the molecule is CCCCS(=O)(=O)N1CCN(C(=O)c2nnc(C)o2)CC1. The lowest BCUT2D eigenvalue weighted by atomic mass is 10.3. The molecule has 0 unspecified atom stereocenters.